The Labute approximate surface area is 226 Å². The highest BCUT2D eigenvalue weighted by molar-refractivity contribution is 7.07. The van der Waals surface area contributed by atoms with Crippen molar-refractivity contribution in [2.75, 3.05) is 6.61 Å². The van der Waals surface area contributed by atoms with Crippen molar-refractivity contribution in [3.8, 4) is 11.3 Å². The van der Waals surface area contributed by atoms with Crippen molar-refractivity contribution in [3.05, 3.63) is 112 Å². The van der Waals surface area contributed by atoms with E-state index in [0.29, 0.717) is 42.2 Å². The Bertz CT molecular complexity index is 1730. The van der Waals surface area contributed by atoms with Crippen LogP contribution in [0, 0.1) is 6.92 Å². The molecule has 0 bridgehead atoms. The molecule has 0 unspecified atom stereocenters. The van der Waals surface area contributed by atoms with Gasteiger partial charge in [-0.3, -0.25) is 9.36 Å². The van der Waals surface area contributed by atoms with Gasteiger partial charge in [-0.05, 0) is 62.7 Å². The molecule has 0 radical (unpaired) electrons. The molecule has 0 N–H and O–H groups in total. The smallest absolute Gasteiger partial charge is 0.338 e. The van der Waals surface area contributed by atoms with Gasteiger partial charge < -0.3 is 9.15 Å². The molecule has 0 aliphatic carbocycles. The standard InChI is InChI=1S/C28H22Cl2N2O4S/c1-4-35-27(34)24-16(3)31-28-32(26(33)23(37-28)13-17-7-5-15(2)6-8-17)25(24)22-12-11-21(36-22)18-9-10-19(29)20(30)14-18/h5-14,25H,4H2,1-3H3/b23-13-/t25-/m0/s1. The number of furan rings is 1. The van der Waals surface area contributed by atoms with Gasteiger partial charge in [0.25, 0.3) is 5.56 Å². The minimum Gasteiger partial charge on any atom is -0.463 e. The summed E-state index contributed by atoms with van der Waals surface area (Å²) in [6.45, 7) is 5.66. The zero-order valence-corrected chi connectivity index (χ0v) is 22.6. The number of fused-ring (bicyclic) bond motifs is 1. The van der Waals surface area contributed by atoms with Crippen LogP contribution in [0.1, 0.15) is 36.8 Å². The van der Waals surface area contributed by atoms with Crippen molar-refractivity contribution >= 4 is 46.6 Å². The summed E-state index contributed by atoms with van der Waals surface area (Å²) >= 11 is 13.5. The van der Waals surface area contributed by atoms with Crippen LogP contribution < -0.4 is 14.9 Å². The fourth-order valence-corrected chi connectivity index (χ4v) is 5.52. The maximum absolute atomic E-state index is 13.7. The van der Waals surface area contributed by atoms with Gasteiger partial charge in [-0.2, -0.15) is 0 Å². The third-order valence-electron chi connectivity index (χ3n) is 5.99. The van der Waals surface area contributed by atoms with Gasteiger partial charge in [-0.25, -0.2) is 9.79 Å². The molecule has 37 heavy (non-hydrogen) atoms. The number of thiazole rings is 1. The summed E-state index contributed by atoms with van der Waals surface area (Å²) in [5.74, 6) is 0.378. The largest absolute Gasteiger partial charge is 0.463 e. The number of halogens is 2. The van der Waals surface area contributed by atoms with E-state index in [2.05, 4.69) is 4.99 Å². The Morgan fingerprint density at radius 1 is 1.11 bits per heavy atom. The predicted octanol–water partition coefficient (Wildman–Crippen LogP) is 5.67. The molecule has 1 aliphatic rings. The third kappa shape index (κ3) is 4.82. The summed E-state index contributed by atoms with van der Waals surface area (Å²) in [6, 6.07) is 15.7. The minimum absolute atomic E-state index is 0.187. The van der Waals surface area contributed by atoms with E-state index in [4.69, 9.17) is 32.4 Å². The molecule has 0 saturated carbocycles. The first-order chi connectivity index (χ1) is 17.8. The number of aryl methyl sites for hydroxylation is 1. The topological polar surface area (TPSA) is 73.8 Å². The average Bonchev–Trinajstić information content (AvgIpc) is 3.47. The summed E-state index contributed by atoms with van der Waals surface area (Å²) in [5.41, 5.74) is 3.20. The second-order valence-corrected chi connectivity index (χ2v) is 10.4. The van der Waals surface area contributed by atoms with Crippen LogP contribution in [0.4, 0.5) is 0 Å². The number of esters is 1. The lowest BCUT2D eigenvalue weighted by molar-refractivity contribution is -0.139. The summed E-state index contributed by atoms with van der Waals surface area (Å²) in [5, 5.41) is 0.824. The summed E-state index contributed by atoms with van der Waals surface area (Å²) in [4.78, 5) is 31.8. The lowest BCUT2D eigenvalue weighted by Crippen LogP contribution is -2.39. The van der Waals surface area contributed by atoms with Crippen LogP contribution in [-0.4, -0.2) is 17.1 Å². The monoisotopic (exact) mass is 552 g/mol. The van der Waals surface area contributed by atoms with Crippen LogP contribution in [0.5, 0.6) is 0 Å². The van der Waals surface area contributed by atoms with Crippen molar-refractivity contribution < 1.29 is 13.9 Å². The quantitative estimate of drug-likeness (QED) is 0.299. The lowest BCUT2D eigenvalue weighted by Gasteiger charge is -2.22. The van der Waals surface area contributed by atoms with E-state index >= 15 is 0 Å². The maximum atomic E-state index is 13.7. The molecule has 2 aromatic heterocycles. The number of aromatic nitrogens is 1. The molecule has 1 atom stereocenters. The third-order valence-corrected chi connectivity index (χ3v) is 7.71. The van der Waals surface area contributed by atoms with Gasteiger partial charge in [0, 0.05) is 5.56 Å². The molecule has 3 heterocycles. The van der Waals surface area contributed by atoms with Gasteiger partial charge in [0.15, 0.2) is 4.80 Å². The zero-order chi connectivity index (χ0) is 26.3. The van der Waals surface area contributed by atoms with Crippen LogP contribution in [0.2, 0.25) is 10.0 Å². The number of benzene rings is 2. The highest BCUT2D eigenvalue weighted by atomic mass is 35.5. The fourth-order valence-electron chi connectivity index (χ4n) is 4.18. The SMILES string of the molecule is CCOC(=O)C1=C(C)N=c2s/c(=C\c3ccc(C)cc3)c(=O)n2[C@H]1c1ccc(-c2ccc(Cl)c(Cl)c2)o1. The van der Waals surface area contributed by atoms with Gasteiger partial charge in [0.2, 0.25) is 0 Å². The molecule has 0 fully saturated rings. The Kier molecular flexibility index (Phi) is 6.94. The lowest BCUT2D eigenvalue weighted by atomic mass is 10.0. The van der Waals surface area contributed by atoms with E-state index in [1.165, 1.54) is 15.9 Å². The Hall–Kier alpha value is -3.39. The van der Waals surface area contributed by atoms with Gasteiger partial charge in [0.1, 0.15) is 17.6 Å². The molecule has 0 spiro atoms. The second kappa shape index (κ2) is 10.2. The molecule has 188 valence electrons. The first-order valence-electron chi connectivity index (χ1n) is 11.6. The fraction of sp³-hybridized carbons (Fsp3) is 0.179. The maximum Gasteiger partial charge on any atom is 0.338 e. The van der Waals surface area contributed by atoms with Crippen LogP contribution in [0.25, 0.3) is 17.4 Å². The molecular formula is C28H22Cl2N2O4S. The Morgan fingerprint density at radius 2 is 1.86 bits per heavy atom. The summed E-state index contributed by atoms with van der Waals surface area (Å²) < 4.78 is 13.6. The second-order valence-electron chi connectivity index (χ2n) is 8.54. The van der Waals surface area contributed by atoms with Gasteiger partial charge in [-0.1, -0.05) is 64.4 Å². The highest BCUT2D eigenvalue weighted by Crippen LogP contribution is 2.35. The number of nitrogens with zero attached hydrogens (tertiary/aromatic N) is 2. The number of hydrogen-bond donors (Lipinski definition) is 0. The number of allylic oxidation sites excluding steroid dienone is 1. The summed E-state index contributed by atoms with van der Waals surface area (Å²) in [6.07, 6.45) is 1.83. The number of carbonyl (C=O) groups is 1. The predicted molar refractivity (Wildman–Crippen MR) is 146 cm³/mol. The van der Waals surface area contributed by atoms with Gasteiger partial charge in [0.05, 0.1) is 32.5 Å². The molecule has 5 rings (SSSR count). The average molecular weight is 553 g/mol. The molecule has 0 amide bonds. The molecule has 6 nitrogen and oxygen atoms in total. The van der Waals surface area contributed by atoms with E-state index in [1.54, 1.807) is 44.2 Å². The van der Waals surface area contributed by atoms with E-state index in [9.17, 15) is 9.59 Å². The zero-order valence-electron chi connectivity index (χ0n) is 20.2. The van der Waals surface area contributed by atoms with Crippen LogP contribution in [0.15, 0.2) is 80.1 Å². The van der Waals surface area contributed by atoms with Crippen LogP contribution >= 0.6 is 34.5 Å². The van der Waals surface area contributed by atoms with Gasteiger partial charge >= 0.3 is 5.97 Å². The summed E-state index contributed by atoms with van der Waals surface area (Å²) in [7, 11) is 0. The van der Waals surface area contributed by atoms with E-state index in [-0.39, 0.29) is 17.7 Å². The van der Waals surface area contributed by atoms with Crippen molar-refractivity contribution in [2.24, 2.45) is 4.99 Å². The van der Waals surface area contributed by atoms with E-state index in [1.807, 2.05) is 37.3 Å². The molecule has 4 aromatic rings. The Morgan fingerprint density at radius 3 is 2.57 bits per heavy atom. The first-order valence-corrected chi connectivity index (χ1v) is 13.2. The molecule has 1 aliphatic heterocycles. The normalized spacial score (nSPS) is 15.5. The van der Waals surface area contributed by atoms with Crippen molar-refractivity contribution in [1.82, 2.24) is 4.57 Å². The first kappa shape index (κ1) is 25.3. The molecule has 9 heteroatoms. The van der Waals surface area contributed by atoms with Crippen LogP contribution in [0.3, 0.4) is 0 Å². The number of hydrogen-bond acceptors (Lipinski definition) is 6. The highest BCUT2D eigenvalue weighted by Gasteiger charge is 2.35. The van der Waals surface area contributed by atoms with Crippen molar-refractivity contribution in [3.63, 3.8) is 0 Å². The van der Waals surface area contributed by atoms with Crippen molar-refractivity contribution in [1.29, 1.82) is 0 Å². The molecular weight excluding hydrogens is 531 g/mol. The molecule has 2 aromatic carbocycles. The number of carbonyl (C=O) groups excluding carboxylic acids is 1. The number of ether oxygens (including phenoxy) is 1. The number of rotatable bonds is 5. The van der Waals surface area contributed by atoms with E-state index < -0.39 is 12.0 Å². The van der Waals surface area contributed by atoms with Gasteiger partial charge in [-0.15, -0.1) is 0 Å². The Balaban J connectivity index is 1.68. The minimum atomic E-state index is -0.841. The van der Waals surface area contributed by atoms with Crippen molar-refractivity contribution in [2.45, 2.75) is 26.8 Å². The van der Waals surface area contributed by atoms with E-state index in [0.717, 1.165) is 11.1 Å². The van der Waals surface area contributed by atoms with Crippen LogP contribution in [-0.2, 0) is 9.53 Å². The molecule has 0 saturated heterocycles.